The number of piperazine rings is 1. The van der Waals surface area contributed by atoms with E-state index in [1.165, 1.54) is 17.3 Å². The number of hydrogen-bond donors (Lipinski definition) is 1. The zero-order chi connectivity index (χ0) is 14.0. The van der Waals surface area contributed by atoms with Gasteiger partial charge in [-0.1, -0.05) is 0 Å². The summed E-state index contributed by atoms with van der Waals surface area (Å²) in [6.07, 6.45) is 2.04. The lowest BCUT2D eigenvalue weighted by molar-refractivity contribution is 0.0979. The second kappa shape index (κ2) is 5.10. The molecular formula is C12H15N5O2. The maximum Gasteiger partial charge on any atom is 0.407 e. The van der Waals surface area contributed by atoms with Crippen LogP contribution in [-0.2, 0) is 0 Å². The SMILES string of the molecule is C[C@@H]1CN(c2ncc(C#N)cn2)C[C@H](C)N1C(=O)O. The molecule has 19 heavy (non-hydrogen) atoms. The number of carboxylic acid groups (broad SMARTS) is 1. The van der Waals surface area contributed by atoms with Gasteiger partial charge in [-0.25, -0.2) is 14.8 Å². The van der Waals surface area contributed by atoms with Crippen LogP contribution in [0.15, 0.2) is 12.4 Å². The number of carbonyl (C=O) groups is 1. The Morgan fingerprint density at radius 1 is 1.37 bits per heavy atom. The molecule has 0 aliphatic carbocycles. The third-order valence-corrected chi connectivity index (χ3v) is 3.19. The molecule has 1 aliphatic rings. The molecule has 2 atom stereocenters. The van der Waals surface area contributed by atoms with Gasteiger partial charge in [-0.15, -0.1) is 0 Å². The number of nitrogens with zero attached hydrogens (tertiary/aromatic N) is 5. The highest BCUT2D eigenvalue weighted by Crippen LogP contribution is 2.19. The van der Waals surface area contributed by atoms with E-state index in [2.05, 4.69) is 9.97 Å². The Morgan fingerprint density at radius 2 is 1.89 bits per heavy atom. The molecule has 1 N–H and O–H groups in total. The molecule has 1 saturated heterocycles. The van der Waals surface area contributed by atoms with E-state index in [1.54, 1.807) is 0 Å². The van der Waals surface area contributed by atoms with Crippen LogP contribution < -0.4 is 4.90 Å². The number of anilines is 1. The quantitative estimate of drug-likeness (QED) is 0.808. The monoisotopic (exact) mass is 261 g/mol. The summed E-state index contributed by atoms with van der Waals surface area (Å²) in [5.74, 6) is 0.530. The third kappa shape index (κ3) is 2.57. The zero-order valence-electron chi connectivity index (χ0n) is 10.8. The van der Waals surface area contributed by atoms with Crippen molar-refractivity contribution in [3.63, 3.8) is 0 Å². The first-order chi connectivity index (χ1) is 9.02. The fourth-order valence-electron chi connectivity index (χ4n) is 2.41. The van der Waals surface area contributed by atoms with Crippen molar-refractivity contribution in [2.24, 2.45) is 0 Å². The van der Waals surface area contributed by atoms with E-state index in [-0.39, 0.29) is 12.1 Å². The third-order valence-electron chi connectivity index (χ3n) is 3.19. The minimum atomic E-state index is -0.902. The van der Waals surface area contributed by atoms with Gasteiger partial charge in [-0.2, -0.15) is 5.26 Å². The van der Waals surface area contributed by atoms with E-state index >= 15 is 0 Å². The van der Waals surface area contributed by atoms with Gasteiger partial charge in [0.25, 0.3) is 0 Å². The maximum absolute atomic E-state index is 11.1. The summed E-state index contributed by atoms with van der Waals surface area (Å²) in [7, 11) is 0. The van der Waals surface area contributed by atoms with Crippen LogP contribution in [0, 0.1) is 11.3 Å². The summed E-state index contributed by atoms with van der Waals surface area (Å²) in [4.78, 5) is 22.8. The predicted molar refractivity (Wildman–Crippen MR) is 67.7 cm³/mol. The predicted octanol–water partition coefficient (Wildman–Crippen LogP) is 0.925. The Hall–Kier alpha value is -2.36. The second-order valence-corrected chi connectivity index (χ2v) is 4.68. The summed E-state index contributed by atoms with van der Waals surface area (Å²) in [6.45, 7) is 4.81. The minimum Gasteiger partial charge on any atom is -0.465 e. The number of nitriles is 1. The van der Waals surface area contributed by atoms with E-state index in [4.69, 9.17) is 10.4 Å². The second-order valence-electron chi connectivity index (χ2n) is 4.68. The van der Waals surface area contributed by atoms with Gasteiger partial charge in [0.05, 0.1) is 30.0 Å². The Balaban J connectivity index is 2.15. The molecule has 1 amide bonds. The standard InChI is InChI=1S/C12H15N5O2/c1-8-6-16(7-9(2)17(8)12(18)19)11-14-4-10(3-13)5-15-11/h4-5,8-9H,6-7H2,1-2H3,(H,18,19)/t8-,9+. The summed E-state index contributed by atoms with van der Waals surface area (Å²) in [6, 6.07) is 1.72. The van der Waals surface area contributed by atoms with Crippen molar-refractivity contribution < 1.29 is 9.90 Å². The van der Waals surface area contributed by atoms with Crippen LogP contribution in [0.5, 0.6) is 0 Å². The number of amides is 1. The zero-order valence-corrected chi connectivity index (χ0v) is 10.8. The van der Waals surface area contributed by atoms with Crippen LogP contribution in [0.2, 0.25) is 0 Å². The highest BCUT2D eigenvalue weighted by molar-refractivity contribution is 5.66. The molecule has 0 spiro atoms. The first-order valence-electron chi connectivity index (χ1n) is 6.01. The summed E-state index contributed by atoms with van der Waals surface area (Å²) in [5.41, 5.74) is 0.411. The van der Waals surface area contributed by atoms with Gasteiger partial charge < -0.3 is 10.0 Å². The van der Waals surface area contributed by atoms with E-state index in [0.29, 0.717) is 24.6 Å². The molecule has 0 saturated carbocycles. The van der Waals surface area contributed by atoms with Gasteiger partial charge in [0.15, 0.2) is 0 Å². The van der Waals surface area contributed by atoms with Crippen LogP contribution in [0.3, 0.4) is 0 Å². The molecular weight excluding hydrogens is 246 g/mol. The molecule has 0 unspecified atom stereocenters. The molecule has 2 heterocycles. The number of rotatable bonds is 1. The highest BCUT2D eigenvalue weighted by atomic mass is 16.4. The van der Waals surface area contributed by atoms with Gasteiger partial charge in [-0.05, 0) is 13.8 Å². The molecule has 100 valence electrons. The topological polar surface area (TPSA) is 93.4 Å². The molecule has 1 aliphatic heterocycles. The summed E-state index contributed by atoms with van der Waals surface area (Å²) < 4.78 is 0. The van der Waals surface area contributed by atoms with Crippen molar-refractivity contribution in [1.29, 1.82) is 5.26 Å². The van der Waals surface area contributed by atoms with Crippen LogP contribution >= 0.6 is 0 Å². The molecule has 0 bridgehead atoms. The van der Waals surface area contributed by atoms with E-state index < -0.39 is 6.09 Å². The first-order valence-corrected chi connectivity index (χ1v) is 6.01. The molecule has 7 nitrogen and oxygen atoms in total. The van der Waals surface area contributed by atoms with Gasteiger partial charge in [0, 0.05) is 13.1 Å². The van der Waals surface area contributed by atoms with Crippen molar-refractivity contribution in [2.45, 2.75) is 25.9 Å². The Labute approximate surface area is 111 Å². The lowest BCUT2D eigenvalue weighted by atomic mass is 10.1. The average molecular weight is 261 g/mol. The Morgan fingerprint density at radius 3 is 2.32 bits per heavy atom. The van der Waals surface area contributed by atoms with Crippen molar-refractivity contribution in [2.75, 3.05) is 18.0 Å². The number of aromatic nitrogens is 2. The molecule has 0 aromatic carbocycles. The molecule has 1 aromatic heterocycles. The fourth-order valence-corrected chi connectivity index (χ4v) is 2.41. The lowest BCUT2D eigenvalue weighted by Crippen LogP contribution is -2.58. The van der Waals surface area contributed by atoms with Crippen LogP contribution in [0.25, 0.3) is 0 Å². The van der Waals surface area contributed by atoms with Crippen molar-refractivity contribution in [3.8, 4) is 6.07 Å². The smallest absolute Gasteiger partial charge is 0.407 e. The van der Waals surface area contributed by atoms with Crippen LogP contribution in [-0.4, -0.2) is 51.2 Å². The van der Waals surface area contributed by atoms with Crippen LogP contribution in [0.1, 0.15) is 19.4 Å². The lowest BCUT2D eigenvalue weighted by Gasteiger charge is -2.42. The molecule has 7 heteroatoms. The summed E-state index contributed by atoms with van der Waals surface area (Å²) >= 11 is 0. The first kappa shape index (κ1) is 13.1. The fraction of sp³-hybridized carbons (Fsp3) is 0.500. The minimum absolute atomic E-state index is 0.125. The van der Waals surface area contributed by atoms with Gasteiger partial charge in [0.2, 0.25) is 5.95 Å². The van der Waals surface area contributed by atoms with E-state index in [9.17, 15) is 4.79 Å². The van der Waals surface area contributed by atoms with Gasteiger partial charge in [-0.3, -0.25) is 4.90 Å². The van der Waals surface area contributed by atoms with Crippen molar-refractivity contribution in [3.05, 3.63) is 18.0 Å². The summed E-state index contributed by atoms with van der Waals surface area (Å²) in [5, 5.41) is 17.8. The van der Waals surface area contributed by atoms with Gasteiger partial charge in [0.1, 0.15) is 6.07 Å². The highest BCUT2D eigenvalue weighted by Gasteiger charge is 2.33. The van der Waals surface area contributed by atoms with E-state index in [1.807, 2.05) is 24.8 Å². The largest absolute Gasteiger partial charge is 0.465 e. The molecule has 1 aromatic rings. The van der Waals surface area contributed by atoms with Crippen molar-refractivity contribution >= 4 is 12.0 Å². The molecule has 2 rings (SSSR count). The Kier molecular flexibility index (Phi) is 3.51. The van der Waals surface area contributed by atoms with E-state index in [0.717, 1.165) is 0 Å². The van der Waals surface area contributed by atoms with Gasteiger partial charge >= 0.3 is 6.09 Å². The van der Waals surface area contributed by atoms with Crippen LogP contribution in [0.4, 0.5) is 10.7 Å². The Bertz CT molecular complexity index is 498. The van der Waals surface area contributed by atoms with Crippen molar-refractivity contribution in [1.82, 2.24) is 14.9 Å². The molecule has 1 fully saturated rings. The maximum atomic E-state index is 11.1. The average Bonchev–Trinajstić information content (AvgIpc) is 2.37. The number of hydrogen-bond acceptors (Lipinski definition) is 5. The normalized spacial score (nSPS) is 23.0. The molecule has 0 radical (unpaired) electrons.